The second kappa shape index (κ2) is 6.43. The van der Waals surface area contributed by atoms with E-state index in [4.69, 9.17) is 9.47 Å². The summed E-state index contributed by atoms with van der Waals surface area (Å²) >= 11 is 0. The van der Waals surface area contributed by atoms with Gasteiger partial charge in [-0.15, -0.1) is 0 Å². The van der Waals surface area contributed by atoms with Gasteiger partial charge in [0.1, 0.15) is 5.75 Å². The molecule has 0 radical (unpaired) electrons. The molecule has 0 aliphatic heterocycles. The number of nitrogens with zero attached hydrogens (tertiary/aromatic N) is 1. The topological polar surface area (TPSA) is 23.4 Å². The summed E-state index contributed by atoms with van der Waals surface area (Å²) in [6, 6.07) is 12.4. The van der Waals surface area contributed by atoms with Gasteiger partial charge < -0.3 is 14.0 Å². The number of aromatic nitrogens is 1. The SMILES string of the molecule is CCOc1ccccc1-c1ccc(C)n1CCOC. The Bertz CT molecular complexity index is 531. The molecule has 3 nitrogen and oxygen atoms in total. The maximum Gasteiger partial charge on any atom is 0.128 e. The van der Waals surface area contributed by atoms with Gasteiger partial charge in [0.2, 0.25) is 0 Å². The van der Waals surface area contributed by atoms with E-state index in [0.717, 1.165) is 17.9 Å². The van der Waals surface area contributed by atoms with Gasteiger partial charge in [0.15, 0.2) is 0 Å². The Morgan fingerprint density at radius 2 is 1.89 bits per heavy atom. The third-order valence-electron chi connectivity index (χ3n) is 3.18. The predicted octanol–water partition coefficient (Wildman–Crippen LogP) is 3.51. The molecule has 0 atom stereocenters. The fourth-order valence-electron chi connectivity index (χ4n) is 2.24. The first-order valence-corrected chi connectivity index (χ1v) is 6.65. The van der Waals surface area contributed by atoms with Crippen LogP contribution >= 0.6 is 0 Å². The number of rotatable bonds is 6. The molecule has 0 amide bonds. The molecule has 0 aliphatic carbocycles. The van der Waals surface area contributed by atoms with E-state index in [1.807, 2.05) is 25.1 Å². The van der Waals surface area contributed by atoms with Crippen LogP contribution in [0.5, 0.6) is 5.75 Å². The first kappa shape index (κ1) is 13.7. The largest absolute Gasteiger partial charge is 0.493 e. The van der Waals surface area contributed by atoms with Crippen LogP contribution in [-0.4, -0.2) is 24.9 Å². The highest BCUT2D eigenvalue weighted by Crippen LogP contribution is 2.31. The van der Waals surface area contributed by atoms with E-state index < -0.39 is 0 Å². The van der Waals surface area contributed by atoms with Gasteiger partial charge in [-0.2, -0.15) is 0 Å². The van der Waals surface area contributed by atoms with Gasteiger partial charge in [-0.1, -0.05) is 12.1 Å². The molecule has 1 aromatic heterocycles. The predicted molar refractivity (Wildman–Crippen MR) is 77.7 cm³/mol. The fourth-order valence-corrected chi connectivity index (χ4v) is 2.24. The van der Waals surface area contributed by atoms with Crippen LogP contribution in [0.3, 0.4) is 0 Å². The summed E-state index contributed by atoms with van der Waals surface area (Å²) in [7, 11) is 1.73. The highest BCUT2D eigenvalue weighted by Gasteiger charge is 2.11. The summed E-state index contributed by atoms with van der Waals surface area (Å²) in [4.78, 5) is 0. The Hall–Kier alpha value is -1.74. The van der Waals surface area contributed by atoms with Crippen molar-refractivity contribution < 1.29 is 9.47 Å². The molecule has 0 unspecified atom stereocenters. The van der Waals surface area contributed by atoms with E-state index >= 15 is 0 Å². The van der Waals surface area contributed by atoms with E-state index in [1.165, 1.54) is 11.4 Å². The quantitative estimate of drug-likeness (QED) is 0.792. The summed E-state index contributed by atoms with van der Waals surface area (Å²) in [5, 5.41) is 0. The zero-order valence-corrected chi connectivity index (χ0v) is 11.8. The van der Waals surface area contributed by atoms with E-state index in [1.54, 1.807) is 7.11 Å². The molecule has 102 valence electrons. The van der Waals surface area contributed by atoms with Gasteiger partial charge in [0.25, 0.3) is 0 Å². The first-order valence-electron chi connectivity index (χ1n) is 6.65. The molecule has 0 saturated carbocycles. The van der Waals surface area contributed by atoms with Crippen molar-refractivity contribution in [1.29, 1.82) is 0 Å². The minimum atomic E-state index is 0.675. The summed E-state index contributed by atoms with van der Waals surface area (Å²) in [6.45, 7) is 6.35. The standard InChI is InChI=1S/C16H21NO2/c1-4-19-16-8-6-5-7-14(16)15-10-9-13(2)17(15)11-12-18-3/h5-10H,4,11-12H2,1-3H3. The molecule has 2 rings (SSSR count). The second-order valence-electron chi connectivity index (χ2n) is 4.43. The number of hydrogen-bond donors (Lipinski definition) is 0. The molecule has 0 bridgehead atoms. The number of hydrogen-bond acceptors (Lipinski definition) is 2. The Morgan fingerprint density at radius 3 is 2.63 bits per heavy atom. The molecule has 19 heavy (non-hydrogen) atoms. The molecule has 3 heteroatoms. The lowest BCUT2D eigenvalue weighted by Gasteiger charge is -2.14. The zero-order valence-electron chi connectivity index (χ0n) is 11.8. The third-order valence-corrected chi connectivity index (χ3v) is 3.18. The van der Waals surface area contributed by atoms with Gasteiger partial charge in [-0.05, 0) is 38.1 Å². The summed E-state index contributed by atoms with van der Waals surface area (Å²) in [6.07, 6.45) is 0. The number of ether oxygens (including phenoxy) is 2. The zero-order chi connectivity index (χ0) is 13.7. The van der Waals surface area contributed by atoms with Crippen LogP contribution in [0.25, 0.3) is 11.3 Å². The lowest BCUT2D eigenvalue weighted by molar-refractivity contribution is 0.187. The van der Waals surface area contributed by atoms with E-state index in [9.17, 15) is 0 Å². The molecule has 1 heterocycles. The highest BCUT2D eigenvalue weighted by molar-refractivity contribution is 5.68. The van der Waals surface area contributed by atoms with Crippen LogP contribution < -0.4 is 4.74 Å². The smallest absolute Gasteiger partial charge is 0.128 e. The lowest BCUT2D eigenvalue weighted by Crippen LogP contribution is -2.07. The van der Waals surface area contributed by atoms with Gasteiger partial charge >= 0.3 is 0 Å². The molecular formula is C16H21NO2. The Kier molecular flexibility index (Phi) is 4.63. The van der Waals surface area contributed by atoms with E-state index in [2.05, 4.69) is 29.7 Å². The molecular weight excluding hydrogens is 238 g/mol. The minimum Gasteiger partial charge on any atom is -0.493 e. The van der Waals surface area contributed by atoms with Crippen LogP contribution in [0.15, 0.2) is 36.4 Å². The molecule has 0 N–H and O–H groups in total. The number of para-hydroxylation sites is 1. The van der Waals surface area contributed by atoms with Gasteiger partial charge in [-0.25, -0.2) is 0 Å². The van der Waals surface area contributed by atoms with Crippen molar-refractivity contribution in [3.63, 3.8) is 0 Å². The van der Waals surface area contributed by atoms with Crippen molar-refractivity contribution in [1.82, 2.24) is 4.57 Å². The van der Waals surface area contributed by atoms with Crippen LogP contribution in [-0.2, 0) is 11.3 Å². The van der Waals surface area contributed by atoms with E-state index in [0.29, 0.717) is 13.2 Å². The van der Waals surface area contributed by atoms with Crippen LogP contribution in [0.1, 0.15) is 12.6 Å². The normalized spacial score (nSPS) is 10.7. The monoisotopic (exact) mass is 259 g/mol. The minimum absolute atomic E-state index is 0.675. The van der Waals surface area contributed by atoms with Crippen molar-refractivity contribution in [2.24, 2.45) is 0 Å². The Labute approximate surface area is 114 Å². The Balaban J connectivity index is 2.41. The average Bonchev–Trinajstić information content (AvgIpc) is 2.79. The van der Waals surface area contributed by atoms with Crippen LogP contribution in [0, 0.1) is 6.92 Å². The van der Waals surface area contributed by atoms with E-state index in [-0.39, 0.29) is 0 Å². The second-order valence-corrected chi connectivity index (χ2v) is 4.43. The van der Waals surface area contributed by atoms with Crippen LogP contribution in [0.2, 0.25) is 0 Å². The number of benzene rings is 1. The summed E-state index contributed by atoms with van der Waals surface area (Å²) in [5.41, 5.74) is 3.55. The van der Waals surface area contributed by atoms with Gasteiger partial charge in [0.05, 0.1) is 18.9 Å². The number of aryl methyl sites for hydroxylation is 1. The summed E-state index contributed by atoms with van der Waals surface area (Å²) < 4.78 is 13.2. The van der Waals surface area contributed by atoms with Crippen molar-refractivity contribution in [2.45, 2.75) is 20.4 Å². The van der Waals surface area contributed by atoms with Crippen molar-refractivity contribution in [3.8, 4) is 17.0 Å². The molecule has 0 fully saturated rings. The molecule has 1 aromatic carbocycles. The van der Waals surface area contributed by atoms with Crippen LogP contribution in [0.4, 0.5) is 0 Å². The summed E-state index contributed by atoms with van der Waals surface area (Å²) in [5.74, 6) is 0.932. The highest BCUT2D eigenvalue weighted by atomic mass is 16.5. The maximum atomic E-state index is 5.72. The van der Waals surface area contributed by atoms with Gasteiger partial charge in [0, 0.05) is 24.9 Å². The molecule has 2 aromatic rings. The average molecular weight is 259 g/mol. The Morgan fingerprint density at radius 1 is 1.11 bits per heavy atom. The first-order chi connectivity index (χ1) is 9.27. The van der Waals surface area contributed by atoms with Gasteiger partial charge in [-0.3, -0.25) is 0 Å². The third kappa shape index (κ3) is 2.99. The van der Waals surface area contributed by atoms with Crippen molar-refractivity contribution in [2.75, 3.05) is 20.3 Å². The van der Waals surface area contributed by atoms with Crippen molar-refractivity contribution >= 4 is 0 Å². The molecule has 0 aliphatic rings. The molecule has 0 spiro atoms. The molecule has 0 saturated heterocycles. The lowest BCUT2D eigenvalue weighted by atomic mass is 10.1. The maximum absolute atomic E-state index is 5.72. The fraction of sp³-hybridized carbons (Fsp3) is 0.375. The number of methoxy groups -OCH3 is 1. The van der Waals surface area contributed by atoms with Crippen molar-refractivity contribution in [3.05, 3.63) is 42.1 Å².